The summed E-state index contributed by atoms with van der Waals surface area (Å²) in [5, 5.41) is 9.15. The molecule has 0 spiro atoms. The molecule has 0 radical (unpaired) electrons. The predicted octanol–water partition coefficient (Wildman–Crippen LogP) is 1.65. The van der Waals surface area contributed by atoms with Crippen molar-refractivity contribution in [1.82, 2.24) is 0 Å². The number of benzene rings is 1. The number of rotatable bonds is 6. The summed E-state index contributed by atoms with van der Waals surface area (Å²) in [7, 11) is 0. The highest BCUT2D eigenvalue weighted by atomic mass is 32.2. The molecule has 98 valence electrons. The summed E-state index contributed by atoms with van der Waals surface area (Å²) in [5.41, 5.74) is 4.73. The molecule has 2 atom stereocenters. The van der Waals surface area contributed by atoms with Crippen molar-refractivity contribution in [3.63, 3.8) is 0 Å². The van der Waals surface area contributed by atoms with Gasteiger partial charge in [-0.15, -0.1) is 0 Å². The number of carbonyl (C=O) groups excluding carboxylic acids is 1. The molecule has 0 heterocycles. The molecule has 0 fully saturated rings. The van der Waals surface area contributed by atoms with E-state index in [4.69, 9.17) is 10.8 Å². The van der Waals surface area contributed by atoms with Gasteiger partial charge in [-0.05, 0) is 13.2 Å². The third kappa shape index (κ3) is 3.11. The van der Waals surface area contributed by atoms with E-state index in [0.717, 1.165) is 0 Å². The second-order valence-electron chi connectivity index (χ2n) is 4.33. The lowest BCUT2D eigenvalue weighted by molar-refractivity contribution is -0.143. The van der Waals surface area contributed by atoms with Gasteiger partial charge in [0.05, 0.1) is 5.92 Å². The normalized spacial score (nSPS) is 15.7. The first-order chi connectivity index (χ1) is 8.41. The largest absolute Gasteiger partial charge is 0.480 e. The highest BCUT2D eigenvalue weighted by molar-refractivity contribution is 7.98. The fourth-order valence-electron chi connectivity index (χ4n) is 1.64. The number of Topliss-reactive ketones (excluding diaryl/α,β-unsaturated/α-hetero) is 1. The first-order valence-electron chi connectivity index (χ1n) is 5.51. The fourth-order valence-corrected chi connectivity index (χ4v) is 2.47. The van der Waals surface area contributed by atoms with Gasteiger partial charge in [0, 0.05) is 11.3 Å². The van der Waals surface area contributed by atoms with Gasteiger partial charge in [0.2, 0.25) is 0 Å². The molecule has 1 aromatic carbocycles. The Balaban J connectivity index is 3.07. The Morgan fingerprint density at radius 3 is 2.39 bits per heavy atom. The average Bonchev–Trinajstić information content (AvgIpc) is 2.35. The average molecular weight is 267 g/mol. The quantitative estimate of drug-likeness (QED) is 0.766. The van der Waals surface area contributed by atoms with Crippen molar-refractivity contribution in [1.29, 1.82) is 0 Å². The second kappa shape index (κ2) is 6.02. The van der Waals surface area contributed by atoms with Crippen LogP contribution >= 0.6 is 11.8 Å². The van der Waals surface area contributed by atoms with Crippen LogP contribution in [0.1, 0.15) is 17.3 Å². The van der Waals surface area contributed by atoms with Crippen molar-refractivity contribution in [2.75, 3.05) is 12.0 Å². The van der Waals surface area contributed by atoms with Gasteiger partial charge in [0.1, 0.15) is 5.54 Å². The second-order valence-corrected chi connectivity index (χ2v) is 5.24. The zero-order chi connectivity index (χ0) is 13.8. The molecule has 1 unspecified atom stereocenters. The Labute approximate surface area is 111 Å². The zero-order valence-electron chi connectivity index (χ0n) is 10.4. The standard InChI is InChI=1S/C13H17NO3S/c1-13(14,12(16)17)10(8-18-2)11(15)9-6-4-3-5-7-9/h3-7,10H,8,14H2,1-2H3,(H,16,17)/t10?,13-/m0/s1. The molecule has 5 heteroatoms. The Morgan fingerprint density at radius 1 is 1.39 bits per heavy atom. The van der Waals surface area contributed by atoms with Gasteiger partial charge < -0.3 is 10.8 Å². The molecule has 4 nitrogen and oxygen atoms in total. The van der Waals surface area contributed by atoms with Crippen LogP contribution in [0.2, 0.25) is 0 Å². The Kier molecular flexibility index (Phi) is 4.93. The van der Waals surface area contributed by atoms with Gasteiger partial charge in [-0.2, -0.15) is 11.8 Å². The third-order valence-electron chi connectivity index (χ3n) is 2.89. The molecule has 0 bridgehead atoms. The minimum atomic E-state index is -1.56. The number of carboxylic acid groups (broad SMARTS) is 1. The van der Waals surface area contributed by atoms with E-state index in [2.05, 4.69) is 0 Å². The number of carbonyl (C=O) groups is 2. The van der Waals surface area contributed by atoms with Crippen LogP contribution in [0.25, 0.3) is 0 Å². The van der Waals surface area contributed by atoms with Gasteiger partial charge in [0.15, 0.2) is 5.78 Å². The SMILES string of the molecule is CSCC(C(=O)c1ccccc1)[C@](C)(N)C(=O)O. The third-order valence-corrected chi connectivity index (χ3v) is 3.56. The number of thioether (sulfide) groups is 1. The Morgan fingerprint density at radius 2 is 1.94 bits per heavy atom. The maximum absolute atomic E-state index is 12.3. The van der Waals surface area contributed by atoms with Gasteiger partial charge in [0.25, 0.3) is 0 Å². The smallest absolute Gasteiger partial charge is 0.324 e. The van der Waals surface area contributed by atoms with Crippen molar-refractivity contribution in [2.24, 2.45) is 11.7 Å². The molecule has 0 amide bonds. The van der Waals surface area contributed by atoms with E-state index in [0.29, 0.717) is 11.3 Å². The van der Waals surface area contributed by atoms with Crippen LogP contribution in [0.5, 0.6) is 0 Å². The first-order valence-corrected chi connectivity index (χ1v) is 6.91. The fraction of sp³-hybridized carbons (Fsp3) is 0.385. The van der Waals surface area contributed by atoms with Crippen molar-refractivity contribution in [3.05, 3.63) is 35.9 Å². The number of hydrogen-bond acceptors (Lipinski definition) is 4. The van der Waals surface area contributed by atoms with E-state index >= 15 is 0 Å². The van der Waals surface area contributed by atoms with Crippen LogP contribution in [0, 0.1) is 5.92 Å². The van der Waals surface area contributed by atoms with E-state index in [-0.39, 0.29) is 5.78 Å². The number of carboxylic acids is 1. The minimum absolute atomic E-state index is 0.225. The van der Waals surface area contributed by atoms with Crippen LogP contribution in [0.15, 0.2) is 30.3 Å². The summed E-state index contributed by atoms with van der Waals surface area (Å²) in [4.78, 5) is 23.5. The van der Waals surface area contributed by atoms with Crippen molar-refractivity contribution < 1.29 is 14.7 Å². The molecule has 0 saturated heterocycles. The van der Waals surface area contributed by atoms with Crippen LogP contribution in [-0.2, 0) is 4.79 Å². The lowest BCUT2D eigenvalue weighted by Crippen LogP contribution is -2.55. The lowest BCUT2D eigenvalue weighted by atomic mass is 9.82. The van der Waals surface area contributed by atoms with Crippen molar-refractivity contribution in [2.45, 2.75) is 12.5 Å². The molecule has 0 aliphatic heterocycles. The van der Waals surface area contributed by atoms with E-state index < -0.39 is 17.4 Å². The van der Waals surface area contributed by atoms with Crippen LogP contribution in [0.4, 0.5) is 0 Å². The maximum Gasteiger partial charge on any atom is 0.324 e. The summed E-state index contributed by atoms with van der Waals surface area (Å²) in [5.74, 6) is -1.75. The molecular weight excluding hydrogens is 250 g/mol. The summed E-state index contributed by atoms with van der Waals surface area (Å²) >= 11 is 1.41. The zero-order valence-corrected chi connectivity index (χ0v) is 11.2. The van der Waals surface area contributed by atoms with Gasteiger partial charge in [-0.25, -0.2) is 0 Å². The molecule has 1 aromatic rings. The number of aliphatic carboxylic acids is 1. The summed E-state index contributed by atoms with van der Waals surface area (Å²) in [6, 6.07) is 8.65. The van der Waals surface area contributed by atoms with Gasteiger partial charge in [-0.3, -0.25) is 9.59 Å². The highest BCUT2D eigenvalue weighted by Crippen LogP contribution is 2.23. The van der Waals surface area contributed by atoms with Crippen LogP contribution < -0.4 is 5.73 Å². The highest BCUT2D eigenvalue weighted by Gasteiger charge is 2.41. The predicted molar refractivity (Wildman–Crippen MR) is 72.9 cm³/mol. The molecule has 3 N–H and O–H groups in total. The van der Waals surface area contributed by atoms with E-state index in [1.165, 1.54) is 18.7 Å². The molecular formula is C13H17NO3S. The molecule has 0 aliphatic carbocycles. The van der Waals surface area contributed by atoms with Crippen LogP contribution in [-0.4, -0.2) is 34.4 Å². The maximum atomic E-state index is 12.3. The first kappa shape index (κ1) is 14.7. The summed E-state index contributed by atoms with van der Waals surface area (Å²) in [6.07, 6.45) is 1.82. The number of nitrogens with two attached hydrogens (primary N) is 1. The van der Waals surface area contributed by atoms with Gasteiger partial charge >= 0.3 is 5.97 Å². The Bertz CT molecular complexity index is 431. The Hall–Kier alpha value is -1.33. The minimum Gasteiger partial charge on any atom is -0.480 e. The van der Waals surface area contributed by atoms with E-state index in [9.17, 15) is 9.59 Å². The van der Waals surface area contributed by atoms with Crippen molar-refractivity contribution >= 4 is 23.5 Å². The van der Waals surface area contributed by atoms with Gasteiger partial charge in [-0.1, -0.05) is 30.3 Å². The number of hydrogen-bond donors (Lipinski definition) is 2. The summed E-state index contributed by atoms with van der Waals surface area (Å²) in [6.45, 7) is 1.39. The summed E-state index contributed by atoms with van der Waals surface area (Å²) < 4.78 is 0. The van der Waals surface area contributed by atoms with E-state index in [1.54, 1.807) is 30.3 Å². The molecule has 0 aromatic heterocycles. The monoisotopic (exact) mass is 267 g/mol. The molecule has 1 rings (SSSR count). The number of ketones is 1. The molecule has 0 aliphatic rings. The molecule has 18 heavy (non-hydrogen) atoms. The topological polar surface area (TPSA) is 80.4 Å². The van der Waals surface area contributed by atoms with E-state index in [1.807, 2.05) is 6.26 Å². The molecule has 0 saturated carbocycles. The van der Waals surface area contributed by atoms with Crippen LogP contribution in [0.3, 0.4) is 0 Å². The van der Waals surface area contributed by atoms with Crippen molar-refractivity contribution in [3.8, 4) is 0 Å². The lowest BCUT2D eigenvalue weighted by Gasteiger charge is -2.28.